The minimum absolute atomic E-state index is 0.0953. The summed E-state index contributed by atoms with van der Waals surface area (Å²) in [6, 6.07) is 15.8. The lowest BCUT2D eigenvalue weighted by Crippen LogP contribution is -2.52. The van der Waals surface area contributed by atoms with Crippen LogP contribution in [0.25, 0.3) is 28.1 Å². The number of rotatable bonds is 5. The predicted octanol–water partition coefficient (Wildman–Crippen LogP) is 6.05. The molecule has 4 aromatic rings. The number of alkyl carbamates (subject to hydrolysis) is 1. The molecule has 0 aliphatic heterocycles. The number of amides is 1. The Hall–Kier alpha value is -3.65. The van der Waals surface area contributed by atoms with Gasteiger partial charge in [0.15, 0.2) is 5.65 Å². The quantitative estimate of drug-likeness (QED) is 0.332. The summed E-state index contributed by atoms with van der Waals surface area (Å²) in [5.41, 5.74) is 3.14. The molecule has 1 aliphatic carbocycles. The van der Waals surface area contributed by atoms with Gasteiger partial charge in [-0.3, -0.25) is 9.55 Å². The van der Waals surface area contributed by atoms with E-state index in [1.807, 2.05) is 73.9 Å². The molecule has 0 spiro atoms. The second-order valence-corrected chi connectivity index (χ2v) is 10.3. The molecule has 3 aromatic heterocycles. The fourth-order valence-corrected chi connectivity index (χ4v) is 4.75. The lowest BCUT2D eigenvalue weighted by Gasteiger charge is -2.43. The highest BCUT2D eigenvalue weighted by atomic mass is 35.5. The molecule has 0 bridgehead atoms. The van der Waals surface area contributed by atoms with Crippen LogP contribution in [0.4, 0.5) is 4.79 Å². The highest BCUT2D eigenvalue weighted by Gasteiger charge is 2.41. The number of fused-ring (bicyclic) bond motifs is 1. The number of pyridine rings is 1. The number of carbonyl (C=O) groups excluding carboxylic acids is 1. The zero-order valence-electron chi connectivity index (χ0n) is 20.7. The van der Waals surface area contributed by atoms with Crippen LogP contribution in [0.15, 0.2) is 54.7 Å². The van der Waals surface area contributed by atoms with Crippen LogP contribution in [0, 0.1) is 0 Å². The second-order valence-electron chi connectivity index (χ2n) is 9.93. The molecule has 1 aliphatic rings. The van der Waals surface area contributed by atoms with Crippen molar-refractivity contribution in [2.24, 2.45) is 0 Å². The molecule has 1 amide bonds. The molecule has 186 valence electrons. The summed E-state index contributed by atoms with van der Waals surface area (Å²) in [5, 5.41) is 3.94. The van der Waals surface area contributed by atoms with E-state index in [1.165, 1.54) is 0 Å². The van der Waals surface area contributed by atoms with Gasteiger partial charge in [0, 0.05) is 11.9 Å². The van der Waals surface area contributed by atoms with E-state index < -0.39 is 17.2 Å². The highest BCUT2D eigenvalue weighted by molar-refractivity contribution is 6.28. The number of hydrogen-bond donors (Lipinski definition) is 1. The van der Waals surface area contributed by atoms with E-state index in [2.05, 4.69) is 20.3 Å². The first kappa shape index (κ1) is 24.1. The molecule has 1 saturated carbocycles. The number of hydrogen-bond acceptors (Lipinski definition) is 6. The van der Waals surface area contributed by atoms with Gasteiger partial charge in [-0.1, -0.05) is 18.2 Å². The first-order valence-electron chi connectivity index (χ1n) is 11.9. The molecule has 5 rings (SSSR count). The molecule has 1 fully saturated rings. The number of benzene rings is 1. The third kappa shape index (κ3) is 4.48. The van der Waals surface area contributed by atoms with Crippen LogP contribution in [0.2, 0.25) is 5.28 Å². The number of ether oxygens (including phenoxy) is 2. The van der Waals surface area contributed by atoms with Crippen LogP contribution in [0.1, 0.15) is 45.6 Å². The van der Waals surface area contributed by atoms with E-state index in [4.69, 9.17) is 21.1 Å². The van der Waals surface area contributed by atoms with Crippen molar-refractivity contribution in [1.29, 1.82) is 0 Å². The van der Waals surface area contributed by atoms with Gasteiger partial charge in [0.25, 0.3) is 0 Å². The Morgan fingerprint density at radius 3 is 2.44 bits per heavy atom. The normalized spacial score (nSPS) is 14.8. The highest BCUT2D eigenvalue weighted by Crippen LogP contribution is 2.42. The van der Waals surface area contributed by atoms with Crippen LogP contribution < -0.4 is 10.1 Å². The Balaban J connectivity index is 1.57. The lowest BCUT2D eigenvalue weighted by atomic mass is 9.72. The summed E-state index contributed by atoms with van der Waals surface area (Å²) in [4.78, 5) is 25.8. The number of carbonyl (C=O) groups is 1. The Bertz CT molecular complexity index is 1410. The van der Waals surface area contributed by atoms with Crippen LogP contribution in [0.5, 0.6) is 5.88 Å². The molecule has 1 N–H and O–H groups in total. The summed E-state index contributed by atoms with van der Waals surface area (Å²) in [6.45, 7) is 5.58. The minimum atomic E-state index is -0.555. The van der Waals surface area contributed by atoms with E-state index >= 15 is 0 Å². The van der Waals surface area contributed by atoms with Crippen molar-refractivity contribution in [3.8, 4) is 23.0 Å². The largest absolute Gasteiger partial charge is 0.480 e. The van der Waals surface area contributed by atoms with Crippen molar-refractivity contribution in [3.05, 3.63) is 65.6 Å². The second kappa shape index (κ2) is 9.09. The average Bonchev–Trinajstić information content (AvgIpc) is 3.20. The molecule has 3 heterocycles. The summed E-state index contributed by atoms with van der Waals surface area (Å²) in [6.07, 6.45) is 4.10. The predicted molar refractivity (Wildman–Crippen MR) is 139 cm³/mol. The van der Waals surface area contributed by atoms with Crippen molar-refractivity contribution >= 4 is 28.7 Å². The maximum atomic E-state index is 12.6. The number of aromatic nitrogens is 4. The molecular formula is C27H28ClN5O3. The van der Waals surface area contributed by atoms with E-state index in [-0.39, 0.29) is 5.28 Å². The van der Waals surface area contributed by atoms with Gasteiger partial charge in [-0.25, -0.2) is 4.79 Å². The van der Waals surface area contributed by atoms with Crippen LogP contribution >= 0.6 is 11.6 Å². The Labute approximate surface area is 214 Å². The molecule has 8 nitrogen and oxygen atoms in total. The van der Waals surface area contributed by atoms with Gasteiger partial charge in [0.05, 0.1) is 29.4 Å². The average molecular weight is 506 g/mol. The maximum Gasteiger partial charge on any atom is 0.408 e. The minimum Gasteiger partial charge on any atom is -0.480 e. The summed E-state index contributed by atoms with van der Waals surface area (Å²) in [7, 11) is 1.56. The fraction of sp³-hybridized carbons (Fsp3) is 0.333. The number of methoxy groups -OCH3 is 1. The monoisotopic (exact) mass is 505 g/mol. The van der Waals surface area contributed by atoms with Gasteiger partial charge in [0.2, 0.25) is 11.2 Å². The van der Waals surface area contributed by atoms with E-state index in [0.29, 0.717) is 11.5 Å². The first-order chi connectivity index (χ1) is 17.2. The molecule has 9 heteroatoms. The van der Waals surface area contributed by atoms with Gasteiger partial charge >= 0.3 is 6.09 Å². The maximum absolute atomic E-state index is 12.6. The van der Waals surface area contributed by atoms with Crippen molar-refractivity contribution in [3.63, 3.8) is 0 Å². The van der Waals surface area contributed by atoms with Gasteiger partial charge in [-0.15, -0.1) is 0 Å². The van der Waals surface area contributed by atoms with Crippen molar-refractivity contribution in [2.45, 2.75) is 51.2 Å². The summed E-state index contributed by atoms with van der Waals surface area (Å²) >= 11 is 6.24. The smallest absolute Gasteiger partial charge is 0.408 e. The van der Waals surface area contributed by atoms with Gasteiger partial charge < -0.3 is 14.8 Å². The Morgan fingerprint density at radius 1 is 1.11 bits per heavy atom. The molecule has 0 unspecified atom stereocenters. The van der Waals surface area contributed by atoms with Crippen LogP contribution in [0.3, 0.4) is 0 Å². The molecule has 1 aromatic carbocycles. The Kier molecular flexibility index (Phi) is 6.08. The third-order valence-electron chi connectivity index (χ3n) is 6.34. The van der Waals surface area contributed by atoms with E-state index in [9.17, 15) is 4.79 Å². The summed E-state index contributed by atoms with van der Waals surface area (Å²) < 4.78 is 13.0. The zero-order chi connectivity index (χ0) is 25.5. The van der Waals surface area contributed by atoms with Crippen LogP contribution in [-0.2, 0) is 10.3 Å². The van der Waals surface area contributed by atoms with Gasteiger partial charge in [0.1, 0.15) is 5.60 Å². The van der Waals surface area contributed by atoms with Crippen molar-refractivity contribution < 1.29 is 14.3 Å². The zero-order valence-corrected chi connectivity index (χ0v) is 21.5. The van der Waals surface area contributed by atoms with Gasteiger partial charge in [-0.2, -0.15) is 9.97 Å². The van der Waals surface area contributed by atoms with E-state index in [1.54, 1.807) is 13.3 Å². The number of halogens is 1. The van der Waals surface area contributed by atoms with Crippen molar-refractivity contribution in [1.82, 2.24) is 24.8 Å². The topological polar surface area (TPSA) is 91.2 Å². The van der Waals surface area contributed by atoms with Gasteiger partial charge in [-0.05, 0) is 87.5 Å². The van der Waals surface area contributed by atoms with Crippen molar-refractivity contribution in [2.75, 3.05) is 7.11 Å². The number of nitrogens with zero attached hydrogens (tertiary/aromatic N) is 4. The lowest BCUT2D eigenvalue weighted by molar-refractivity contribution is 0.0377. The molecule has 36 heavy (non-hydrogen) atoms. The summed E-state index contributed by atoms with van der Waals surface area (Å²) in [5.74, 6) is 0.396. The SMILES string of the molecule is COc1nc(Cl)nc2c1cc(-c1ccccn1)n2-c1ccc(C2(NC(=O)OC(C)(C)C)CCC2)cc1. The Morgan fingerprint density at radius 2 is 1.86 bits per heavy atom. The number of nitrogens with one attached hydrogen (secondary N) is 1. The molecular weight excluding hydrogens is 478 g/mol. The van der Waals surface area contributed by atoms with Crippen LogP contribution in [-0.4, -0.2) is 38.3 Å². The molecule has 0 atom stereocenters. The first-order valence-corrected chi connectivity index (χ1v) is 12.2. The molecule has 0 radical (unpaired) electrons. The third-order valence-corrected chi connectivity index (χ3v) is 6.51. The van der Waals surface area contributed by atoms with E-state index in [0.717, 1.165) is 47.3 Å². The standard InChI is InChI=1S/C27H28ClN5O3/c1-26(2,3)36-25(34)32-27(13-7-14-27)17-9-11-18(12-10-17)33-21(20-8-5-6-15-29-20)16-19-22(33)30-24(28)31-23(19)35-4/h5-6,8-12,15-16H,7,13-14H2,1-4H3,(H,32,34). The fourth-order valence-electron chi connectivity index (χ4n) is 4.59. The molecule has 0 saturated heterocycles.